The third-order valence-electron chi connectivity index (χ3n) is 12.5. The van der Waals surface area contributed by atoms with Gasteiger partial charge >= 0.3 is 0 Å². The third kappa shape index (κ3) is 8.09. The van der Waals surface area contributed by atoms with Crippen molar-refractivity contribution in [3.8, 4) is 11.1 Å². The third-order valence-corrected chi connectivity index (χ3v) is 12.5. The van der Waals surface area contributed by atoms with Crippen molar-refractivity contribution in [1.82, 2.24) is 24.3 Å². The lowest BCUT2D eigenvalue weighted by atomic mass is 9.88. The highest BCUT2D eigenvalue weighted by atomic mass is 16.5. The van der Waals surface area contributed by atoms with E-state index in [0.717, 1.165) is 75.5 Å². The number of pyridine rings is 1. The summed E-state index contributed by atoms with van der Waals surface area (Å²) in [6, 6.07) is 20.2. The Bertz CT molecular complexity index is 1800. The first-order valence-electron chi connectivity index (χ1n) is 19.9. The first-order chi connectivity index (χ1) is 25.3. The minimum Gasteiger partial charge on any atom is -0.383 e. The van der Waals surface area contributed by atoms with Crippen LogP contribution in [0.1, 0.15) is 85.0 Å². The normalized spacial score (nSPS) is 19.0. The summed E-state index contributed by atoms with van der Waals surface area (Å²) < 4.78 is 7.72. The van der Waals surface area contributed by atoms with Gasteiger partial charge in [-0.2, -0.15) is 0 Å². The van der Waals surface area contributed by atoms with Crippen molar-refractivity contribution in [2.45, 2.75) is 77.3 Å². The number of hydrogen-bond acceptors (Lipinski definition) is 6. The summed E-state index contributed by atoms with van der Waals surface area (Å²) in [4.78, 5) is 27.9. The van der Waals surface area contributed by atoms with Crippen molar-refractivity contribution in [2.24, 2.45) is 13.0 Å². The number of ether oxygens (including phenoxy) is 1. The lowest BCUT2D eigenvalue weighted by molar-refractivity contribution is 0.0660. The van der Waals surface area contributed by atoms with Crippen LogP contribution in [0.3, 0.4) is 0 Å². The molecule has 2 aromatic heterocycles. The van der Waals surface area contributed by atoms with E-state index in [1.165, 1.54) is 77.9 Å². The van der Waals surface area contributed by atoms with Crippen molar-refractivity contribution in [1.29, 1.82) is 0 Å². The molecule has 0 bridgehead atoms. The number of fused-ring (bicyclic) bond motifs is 1. The molecule has 1 amide bonds. The van der Waals surface area contributed by atoms with Crippen LogP contribution in [0, 0.1) is 12.8 Å². The molecule has 3 aliphatic rings. The number of piperidine rings is 3. The molecule has 0 aliphatic carbocycles. The minimum absolute atomic E-state index is 0.206. The molecular weight excluding hydrogens is 645 g/mol. The Kier molecular flexibility index (Phi) is 11.6. The van der Waals surface area contributed by atoms with E-state index in [4.69, 9.17) is 9.72 Å². The maximum Gasteiger partial charge on any atom is 0.253 e. The van der Waals surface area contributed by atoms with Gasteiger partial charge in [0.05, 0.1) is 6.61 Å². The van der Waals surface area contributed by atoms with Gasteiger partial charge in [-0.05, 0) is 143 Å². The maximum absolute atomic E-state index is 13.4. The van der Waals surface area contributed by atoms with Gasteiger partial charge in [0.25, 0.3) is 5.91 Å². The van der Waals surface area contributed by atoms with E-state index in [9.17, 15) is 4.79 Å². The maximum atomic E-state index is 13.4. The van der Waals surface area contributed by atoms with E-state index >= 15 is 0 Å². The Hall–Kier alpha value is -3.72. The summed E-state index contributed by atoms with van der Waals surface area (Å²) in [5, 5.41) is 1.20. The van der Waals surface area contributed by atoms with Crippen molar-refractivity contribution in [3.05, 3.63) is 83.2 Å². The first kappa shape index (κ1) is 36.6. The van der Waals surface area contributed by atoms with Crippen LogP contribution in [0.2, 0.25) is 0 Å². The van der Waals surface area contributed by atoms with Gasteiger partial charge in [0.1, 0.15) is 5.65 Å². The summed E-state index contributed by atoms with van der Waals surface area (Å²) in [6.45, 7) is 13.6. The zero-order chi connectivity index (χ0) is 36.2. The number of likely N-dealkylation sites (N-methyl/N-ethyl adjacent to an activating group) is 1. The van der Waals surface area contributed by atoms with Crippen LogP contribution in [0.4, 0.5) is 5.69 Å². The highest BCUT2D eigenvalue weighted by molar-refractivity contribution is 5.95. The summed E-state index contributed by atoms with van der Waals surface area (Å²) in [5.41, 5.74) is 9.46. The largest absolute Gasteiger partial charge is 0.383 e. The van der Waals surface area contributed by atoms with E-state index in [1.54, 1.807) is 7.11 Å². The van der Waals surface area contributed by atoms with E-state index in [-0.39, 0.29) is 11.9 Å². The molecule has 0 saturated carbocycles. The fourth-order valence-corrected chi connectivity index (χ4v) is 8.98. The molecule has 0 N–H and O–H groups in total. The second-order valence-electron chi connectivity index (χ2n) is 16.0. The van der Waals surface area contributed by atoms with Crippen LogP contribution in [-0.4, -0.2) is 103 Å². The minimum atomic E-state index is 0.206. The average molecular weight is 705 g/mol. The lowest BCUT2D eigenvalue weighted by Crippen LogP contribution is -2.42. The predicted molar refractivity (Wildman–Crippen MR) is 213 cm³/mol. The van der Waals surface area contributed by atoms with Crippen molar-refractivity contribution < 1.29 is 9.53 Å². The molecule has 3 aliphatic heterocycles. The van der Waals surface area contributed by atoms with E-state index in [0.29, 0.717) is 12.5 Å². The van der Waals surface area contributed by atoms with Gasteiger partial charge in [0.15, 0.2) is 0 Å². The fraction of sp³-hybridized carbons (Fsp3) is 0.545. The summed E-state index contributed by atoms with van der Waals surface area (Å²) in [7, 11) is 6.07. The molecule has 7 rings (SSSR count). The lowest BCUT2D eigenvalue weighted by Gasteiger charge is -2.36. The van der Waals surface area contributed by atoms with Crippen LogP contribution in [0.25, 0.3) is 22.2 Å². The number of anilines is 1. The number of rotatable bonds is 11. The Labute approximate surface area is 311 Å². The first-order valence-corrected chi connectivity index (χ1v) is 19.9. The van der Waals surface area contributed by atoms with Crippen LogP contribution < -0.4 is 4.90 Å². The molecule has 3 fully saturated rings. The van der Waals surface area contributed by atoms with Gasteiger partial charge in [-0.3, -0.25) is 9.69 Å². The molecule has 3 saturated heterocycles. The number of nitrogens with zero attached hydrogens (tertiary/aromatic N) is 6. The van der Waals surface area contributed by atoms with Gasteiger partial charge in [0.2, 0.25) is 0 Å². The second kappa shape index (κ2) is 16.5. The molecular formula is C44H60N6O2. The van der Waals surface area contributed by atoms with E-state index in [1.807, 2.05) is 6.20 Å². The SMILES string of the molecule is COCC(C)N(C)c1cc(-c2ccnc3c2cc(CN2CCC(c4ccc(C(=O)N5CCC(CN6CCCCC6)CC5)cc4)CC2)n3C)ccc1C. The molecule has 52 heavy (non-hydrogen) atoms. The molecule has 5 heterocycles. The smallest absolute Gasteiger partial charge is 0.253 e. The van der Waals surface area contributed by atoms with E-state index < -0.39 is 0 Å². The molecule has 4 aromatic rings. The molecule has 0 radical (unpaired) electrons. The van der Waals surface area contributed by atoms with Crippen molar-refractivity contribution >= 4 is 22.6 Å². The van der Waals surface area contributed by atoms with Gasteiger partial charge in [-0.25, -0.2) is 4.98 Å². The topological polar surface area (TPSA) is 57.1 Å². The number of carbonyl (C=O) groups excluding carboxylic acids is 1. The molecule has 1 unspecified atom stereocenters. The number of carbonyl (C=O) groups is 1. The number of aryl methyl sites for hydroxylation is 2. The Morgan fingerprint density at radius 1 is 0.904 bits per heavy atom. The zero-order valence-corrected chi connectivity index (χ0v) is 32.3. The number of likely N-dealkylation sites (tertiary alicyclic amines) is 3. The van der Waals surface area contributed by atoms with Crippen LogP contribution in [0.15, 0.2) is 60.8 Å². The van der Waals surface area contributed by atoms with Crippen LogP contribution >= 0.6 is 0 Å². The molecule has 278 valence electrons. The quantitative estimate of drug-likeness (QED) is 0.159. The summed E-state index contributed by atoms with van der Waals surface area (Å²) in [5.74, 6) is 1.48. The summed E-state index contributed by atoms with van der Waals surface area (Å²) >= 11 is 0. The number of benzene rings is 2. The number of aromatic nitrogens is 2. The van der Waals surface area contributed by atoms with Gasteiger partial charge in [-0.15, -0.1) is 0 Å². The molecule has 8 heteroatoms. The van der Waals surface area contributed by atoms with Gasteiger partial charge in [0, 0.05) is 82.0 Å². The fourth-order valence-electron chi connectivity index (χ4n) is 8.98. The van der Waals surface area contributed by atoms with Gasteiger partial charge < -0.3 is 24.0 Å². The number of methoxy groups -OCH3 is 1. The second-order valence-corrected chi connectivity index (χ2v) is 16.0. The Balaban J connectivity index is 0.944. The summed E-state index contributed by atoms with van der Waals surface area (Å²) in [6.07, 6.45) is 10.6. The monoisotopic (exact) mass is 704 g/mol. The highest BCUT2D eigenvalue weighted by Gasteiger charge is 2.27. The van der Waals surface area contributed by atoms with Crippen LogP contribution in [-0.2, 0) is 18.3 Å². The van der Waals surface area contributed by atoms with E-state index in [2.05, 4.69) is 107 Å². The van der Waals surface area contributed by atoms with Gasteiger partial charge in [-0.1, -0.05) is 30.7 Å². The molecule has 8 nitrogen and oxygen atoms in total. The van der Waals surface area contributed by atoms with Crippen molar-refractivity contribution in [2.75, 3.05) is 71.5 Å². The predicted octanol–water partition coefficient (Wildman–Crippen LogP) is 7.74. The molecule has 1 atom stereocenters. The van der Waals surface area contributed by atoms with Crippen molar-refractivity contribution in [3.63, 3.8) is 0 Å². The Morgan fingerprint density at radius 3 is 2.35 bits per heavy atom. The average Bonchev–Trinajstić information content (AvgIpc) is 3.50. The number of hydrogen-bond donors (Lipinski definition) is 0. The van der Waals surface area contributed by atoms with Crippen LogP contribution in [0.5, 0.6) is 0 Å². The molecule has 0 spiro atoms. The zero-order valence-electron chi connectivity index (χ0n) is 32.3. The Morgan fingerprint density at radius 2 is 1.63 bits per heavy atom. The number of amides is 1. The standard InChI is InChI=1S/C44H60N6O2/c1-32-9-10-38(27-42(32)46(3)33(2)31-52-5)40-15-20-45-43-41(40)28-39(47(43)4)30-49-23-18-36(19-24-49)35-11-13-37(14-12-35)44(51)50-25-16-34(17-26-50)29-48-21-7-6-8-22-48/h9-15,20,27-28,33-34,36H,6-8,16-19,21-26,29-31H2,1-5H3. The molecule has 2 aromatic carbocycles. The highest BCUT2D eigenvalue weighted by Crippen LogP contribution is 2.35.